The molecule has 1 aromatic rings. The summed E-state index contributed by atoms with van der Waals surface area (Å²) in [4.78, 5) is 3.87. The lowest BCUT2D eigenvalue weighted by molar-refractivity contribution is 0.182. The molecule has 4 nitrogen and oxygen atoms in total. The summed E-state index contributed by atoms with van der Waals surface area (Å²) in [6.07, 6.45) is 3.44. The first-order valence-corrected chi connectivity index (χ1v) is 3.31. The van der Waals surface area contributed by atoms with Crippen LogP contribution in [0.3, 0.4) is 0 Å². The maximum absolute atomic E-state index is 4.77. The van der Waals surface area contributed by atoms with Crippen molar-refractivity contribution >= 4 is 5.69 Å². The van der Waals surface area contributed by atoms with Crippen LogP contribution in [0.2, 0.25) is 0 Å². The minimum absolute atomic E-state index is 0.475. The van der Waals surface area contributed by atoms with Crippen LogP contribution in [0.15, 0.2) is 24.5 Å². The van der Waals surface area contributed by atoms with Gasteiger partial charge in [0.15, 0.2) is 0 Å². The van der Waals surface area contributed by atoms with Gasteiger partial charge >= 0.3 is 0 Å². The average molecular weight is 153 g/mol. The molecule has 0 amide bonds. The van der Waals surface area contributed by atoms with Crippen molar-refractivity contribution in [3.8, 4) is 0 Å². The molecule has 0 radical (unpaired) electrons. The van der Waals surface area contributed by atoms with Gasteiger partial charge < -0.3 is 10.2 Å². The van der Waals surface area contributed by atoms with Gasteiger partial charge in [0.25, 0.3) is 0 Å². The summed E-state index contributed by atoms with van der Waals surface area (Å²) in [5.74, 6) is 0. The van der Waals surface area contributed by atoms with Crippen LogP contribution in [-0.4, -0.2) is 18.8 Å². The second kappa shape index (κ2) is 4.65. The molecule has 1 rings (SSSR count). The lowest BCUT2D eigenvalue weighted by Crippen LogP contribution is -2.23. The number of rotatable bonds is 4. The first-order chi connectivity index (χ1) is 5.43. The van der Waals surface area contributed by atoms with Crippen molar-refractivity contribution in [3.05, 3.63) is 24.5 Å². The second-order valence-electron chi connectivity index (χ2n) is 1.97. The zero-order chi connectivity index (χ0) is 7.94. The largest absolute Gasteiger partial charge is 0.368 e. The summed E-state index contributed by atoms with van der Waals surface area (Å²) in [7, 11) is 1.63. The van der Waals surface area contributed by atoms with E-state index in [-0.39, 0.29) is 0 Å². The summed E-state index contributed by atoms with van der Waals surface area (Å²) < 4.78 is 4.77. The number of ether oxygens (including phenoxy) is 1. The maximum Gasteiger partial charge on any atom is 0.113 e. The average Bonchev–Trinajstić information content (AvgIpc) is 2.07. The lowest BCUT2D eigenvalue weighted by Gasteiger charge is -2.05. The number of nitrogens with one attached hydrogen (secondary N) is 2. The molecule has 0 aliphatic heterocycles. The van der Waals surface area contributed by atoms with Crippen molar-refractivity contribution in [1.29, 1.82) is 0 Å². The van der Waals surface area contributed by atoms with Gasteiger partial charge in [-0.05, 0) is 12.1 Å². The van der Waals surface area contributed by atoms with Gasteiger partial charge in [-0.3, -0.25) is 4.98 Å². The summed E-state index contributed by atoms with van der Waals surface area (Å²) in [5, 5.41) is 0. The Labute approximate surface area is 65.6 Å². The molecular weight excluding hydrogens is 142 g/mol. The third kappa shape index (κ3) is 2.97. The van der Waals surface area contributed by atoms with E-state index in [1.54, 1.807) is 19.5 Å². The van der Waals surface area contributed by atoms with Crippen LogP contribution in [0, 0.1) is 0 Å². The van der Waals surface area contributed by atoms with Crippen LogP contribution >= 0.6 is 0 Å². The van der Waals surface area contributed by atoms with Crippen LogP contribution < -0.4 is 10.9 Å². The first-order valence-electron chi connectivity index (χ1n) is 3.31. The third-order valence-corrected chi connectivity index (χ3v) is 1.13. The number of anilines is 1. The number of hydrogen-bond acceptors (Lipinski definition) is 4. The molecular formula is C7H11N3O. The highest BCUT2D eigenvalue weighted by molar-refractivity contribution is 5.39. The van der Waals surface area contributed by atoms with Gasteiger partial charge in [0.2, 0.25) is 0 Å². The van der Waals surface area contributed by atoms with Gasteiger partial charge in [-0.15, -0.1) is 0 Å². The van der Waals surface area contributed by atoms with E-state index in [1.165, 1.54) is 0 Å². The highest BCUT2D eigenvalue weighted by Crippen LogP contribution is 1.99. The molecule has 0 saturated carbocycles. The Kier molecular flexibility index (Phi) is 3.37. The Bertz CT molecular complexity index is 190. The smallest absolute Gasteiger partial charge is 0.113 e. The molecule has 11 heavy (non-hydrogen) atoms. The molecule has 0 aliphatic rings. The molecule has 0 bridgehead atoms. The van der Waals surface area contributed by atoms with Gasteiger partial charge in [-0.1, -0.05) is 0 Å². The number of nitrogens with zero attached hydrogens (tertiary/aromatic N) is 1. The zero-order valence-electron chi connectivity index (χ0n) is 6.37. The van der Waals surface area contributed by atoms with Gasteiger partial charge in [-0.2, -0.15) is 0 Å². The van der Waals surface area contributed by atoms with Crippen molar-refractivity contribution < 1.29 is 4.74 Å². The molecule has 0 aliphatic carbocycles. The van der Waals surface area contributed by atoms with Gasteiger partial charge in [0.05, 0.1) is 5.69 Å². The fourth-order valence-electron chi connectivity index (χ4n) is 0.646. The number of aromatic nitrogens is 1. The summed E-state index contributed by atoms with van der Waals surface area (Å²) >= 11 is 0. The van der Waals surface area contributed by atoms with E-state index in [4.69, 9.17) is 4.74 Å². The van der Waals surface area contributed by atoms with Crippen LogP contribution in [0.25, 0.3) is 0 Å². The zero-order valence-corrected chi connectivity index (χ0v) is 6.37. The Hall–Kier alpha value is -1.13. The molecule has 0 atom stereocenters. The first kappa shape index (κ1) is 7.97. The Morgan fingerprint density at radius 3 is 2.82 bits per heavy atom. The Morgan fingerprint density at radius 1 is 1.45 bits per heavy atom. The number of methoxy groups -OCH3 is 1. The summed E-state index contributed by atoms with van der Waals surface area (Å²) in [5.41, 5.74) is 6.75. The molecule has 0 fully saturated rings. The Morgan fingerprint density at radius 2 is 2.18 bits per heavy atom. The molecule has 2 N–H and O–H groups in total. The second-order valence-corrected chi connectivity index (χ2v) is 1.97. The predicted octanol–water partition coefficient (Wildman–Crippen LogP) is 0.602. The van der Waals surface area contributed by atoms with Crippen molar-refractivity contribution in [2.24, 2.45) is 0 Å². The SMILES string of the molecule is COCNNc1ccncc1. The topological polar surface area (TPSA) is 46.2 Å². The molecule has 0 spiro atoms. The fraction of sp³-hybridized carbons (Fsp3) is 0.286. The molecule has 1 heterocycles. The fourth-order valence-corrected chi connectivity index (χ4v) is 0.646. The number of hydrogen-bond donors (Lipinski definition) is 2. The van der Waals surface area contributed by atoms with Crippen molar-refractivity contribution in [3.63, 3.8) is 0 Å². The molecule has 0 saturated heterocycles. The van der Waals surface area contributed by atoms with Gasteiger partial charge in [-0.25, -0.2) is 5.43 Å². The van der Waals surface area contributed by atoms with Crippen LogP contribution in [-0.2, 0) is 4.74 Å². The minimum Gasteiger partial charge on any atom is -0.368 e. The normalized spacial score (nSPS) is 9.55. The number of pyridine rings is 1. The predicted molar refractivity (Wildman–Crippen MR) is 42.9 cm³/mol. The maximum atomic E-state index is 4.77. The third-order valence-electron chi connectivity index (χ3n) is 1.13. The van der Waals surface area contributed by atoms with E-state index >= 15 is 0 Å². The minimum atomic E-state index is 0.475. The standard InChI is InChI=1S/C7H11N3O/c1-11-6-9-10-7-2-4-8-5-3-7/h2-5,9H,6H2,1H3,(H,8,10). The van der Waals surface area contributed by atoms with E-state index in [1.807, 2.05) is 12.1 Å². The van der Waals surface area contributed by atoms with E-state index in [0.29, 0.717) is 6.73 Å². The molecule has 0 unspecified atom stereocenters. The van der Waals surface area contributed by atoms with Crippen molar-refractivity contribution in [2.75, 3.05) is 19.3 Å². The van der Waals surface area contributed by atoms with E-state index in [0.717, 1.165) is 5.69 Å². The molecule has 1 aromatic heterocycles. The summed E-state index contributed by atoms with van der Waals surface area (Å²) in [6.45, 7) is 0.475. The highest BCUT2D eigenvalue weighted by atomic mass is 16.5. The Balaban J connectivity index is 2.28. The van der Waals surface area contributed by atoms with E-state index in [9.17, 15) is 0 Å². The monoisotopic (exact) mass is 153 g/mol. The van der Waals surface area contributed by atoms with Crippen LogP contribution in [0.4, 0.5) is 5.69 Å². The summed E-state index contributed by atoms with van der Waals surface area (Å²) in [6, 6.07) is 3.73. The van der Waals surface area contributed by atoms with Crippen molar-refractivity contribution in [1.82, 2.24) is 10.4 Å². The van der Waals surface area contributed by atoms with E-state index < -0.39 is 0 Å². The van der Waals surface area contributed by atoms with Crippen LogP contribution in [0.5, 0.6) is 0 Å². The number of hydrazine groups is 1. The van der Waals surface area contributed by atoms with E-state index in [2.05, 4.69) is 15.8 Å². The lowest BCUT2D eigenvalue weighted by atomic mass is 10.4. The molecule has 60 valence electrons. The van der Waals surface area contributed by atoms with Gasteiger partial charge in [0.1, 0.15) is 6.73 Å². The van der Waals surface area contributed by atoms with Gasteiger partial charge in [0, 0.05) is 19.5 Å². The highest BCUT2D eigenvalue weighted by Gasteiger charge is 1.85. The van der Waals surface area contributed by atoms with Crippen molar-refractivity contribution in [2.45, 2.75) is 0 Å². The molecule has 0 aromatic carbocycles. The molecule has 4 heteroatoms. The quantitative estimate of drug-likeness (QED) is 0.378. The van der Waals surface area contributed by atoms with Crippen LogP contribution in [0.1, 0.15) is 0 Å².